The predicted octanol–water partition coefficient (Wildman–Crippen LogP) is 5.78. The van der Waals surface area contributed by atoms with Gasteiger partial charge in [-0.3, -0.25) is 0 Å². The third-order valence-corrected chi connectivity index (χ3v) is 6.94. The van der Waals surface area contributed by atoms with Crippen molar-refractivity contribution < 1.29 is 23.7 Å². The molecule has 0 saturated carbocycles. The van der Waals surface area contributed by atoms with Crippen LogP contribution in [0.15, 0.2) is 60.9 Å². The molecular formula is C30H33N5O5. The zero-order valence-corrected chi connectivity index (χ0v) is 23.1. The number of methoxy groups -OCH3 is 3. The summed E-state index contributed by atoms with van der Waals surface area (Å²) in [6.07, 6.45) is 3.07. The SMILES string of the molecule is COc1ccc(NC(=O)N2CCC(Oc3ccc(Nc4ncnc5cc(OC)c(OC)cc45)cc3C)CC2)cc1. The maximum atomic E-state index is 12.7. The van der Waals surface area contributed by atoms with E-state index in [-0.39, 0.29) is 12.1 Å². The van der Waals surface area contributed by atoms with E-state index in [0.29, 0.717) is 30.4 Å². The van der Waals surface area contributed by atoms with E-state index in [2.05, 4.69) is 20.6 Å². The highest BCUT2D eigenvalue weighted by Gasteiger charge is 2.24. The molecule has 0 aliphatic carbocycles. The number of rotatable bonds is 8. The fourth-order valence-corrected chi connectivity index (χ4v) is 4.71. The molecule has 1 saturated heterocycles. The minimum Gasteiger partial charge on any atom is -0.497 e. The van der Waals surface area contributed by atoms with E-state index in [9.17, 15) is 4.79 Å². The topological polar surface area (TPSA) is 107 Å². The van der Waals surface area contributed by atoms with Crippen LogP contribution < -0.4 is 29.6 Å². The van der Waals surface area contributed by atoms with Crippen LogP contribution >= 0.6 is 0 Å². The molecule has 10 heteroatoms. The van der Waals surface area contributed by atoms with Crippen molar-refractivity contribution in [1.82, 2.24) is 14.9 Å². The van der Waals surface area contributed by atoms with Crippen molar-refractivity contribution in [1.29, 1.82) is 0 Å². The summed E-state index contributed by atoms with van der Waals surface area (Å²) in [6.45, 7) is 3.27. The van der Waals surface area contributed by atoms with Gasteiger partial charge >= 0.3 is 6.03 Å². The van der Waals surface area contributed by atoms with E-state index >= 15 is 0 Å². The minimum atomic E-state index is -0.108. The highest BCUT2D eigenvalue weighted by molar-refractivity contribution is 5.93. The largest absolute Gasteiger partial charge is 0.497 e. The normalized spacial score (nSPS) is 13.6. The first kappa shape index (κ1) is 26.9. The van der Waals surface area contributed by atoms with Crippen LogP contribution in [0.3, 0.4) is 0 Å². The van der Waals surface area contributed by atoms with E-state index in [0.717, 1.165) is 52.2 Å². The van der Waals surface area contributed by atoms with Gasteiger partial charge in [-0.05, 0) is 61.0 Å². The number of amides is 2. The van der Waals surface area contributed by atoms with Gasteiger partial charge in [0, 0.05) is 48.8 Å². The molecule has 0 bridgehead atoms. The average molecular weight is 544 g/mol. The maximum absolute atomic E-state index is 12.7. The van der Waals surface area contributed by atoms with E-state index in [1.165, 1.54) is 6.33 Å². The number of fused-ring (bicyclic) bond motifs is 1. The Bertz CT molecular complexity index is 1490. The first-order valence-corrected chi connectivity index (χ1v) is 13.1. The molecule has 0 atom stereocenters. The van der Waals surface area contributed by atoms with Crippen LogP contribution in [0, 0.1) is 6.92 Å². The fraction of sp³-hybridized carbons (Fsp3) is 0.300. The lowest BCUT2D eigenvalue weighted by molar-refractivity contribution is 0.115. The van der Waals surface area contributed by atoms with Crippen molar-refractivity contribution in [3.63, 3.8) is 0 Å². The number of hydrogen-bond donors (Lipinski definition) is 2. The second-order valence-corrected chi connectivity index (χ2v) is 9.51. The van der Waals surface area contributed by atoms with E-state index in [1.54, 1.807) is 21.3 Å². The first-order valence-electron chi connectivity index (χ1n) is 13.1. The van der Waals surface area contributed by atoms with Gasteiger partial charge in [0.05, 0.1) is 26.8 Å². The molecule has 0 spiro atoms. The molecule has 3 aromatic carbocycles. The number of nitrogens with one attached hydrogen (secondary N) is 2. The van der Waals surface area contributed by atoms with Crippen LogP contribution in [0.25, 0.3) is 10.9 Å². The molecule has 1 aliphatic rings. The number of urea groups is 1. The highest BCUT2D eigenvalue weighted by Crippen LogP contribution is 2.35. The van der Waals surface area contributed by atoms with Gasteiger partial charge < -0.3 is 34.5 Å². The van der Waals surface area contributed by atoms with Gasteiger partial charge in [0.2, 0.25) is 0 Å². The smallest absolute Gasteiger partial charge is 0.321 e. The van der Waals surface area contributed by atoms with Crippen LogP contribution in [0.1, 0.15) is 18.4 Å². The van der Waals surface area contributed by atoms with E-state index < -0.39 is 0 Å². The molecule has 10 nitrogen and oxygen atoms in total. The Hall–Kier alpha value is -4.73. The number of aromatic nitrogens is 2. The van der Waals surface area contributed by atoms with Gasteiger partial charge in [0.25, 0.3) is 0 Å². The van der Waals surface area contributed by atoms with Crippen molar-refractivity contribution in [2.45, 2.75) is 25.9 Å². The van der Waals surface area contributed by atoms with Crippen molar-refractivity contribution in [2.75, 3.05) is 45.1 Å². The van der Waals surface area contributed by atoms with Gasteiger partial charge in [-0.15, -0.1) is 0 Å². The summed E-state index contributed by atoms with van der Waals surface area (Å²) in [4.78, 5) is 23.3. The number of ether oxygens (including phenoxy) is 4. The van der Waals surface area contributed by atoms with Crippen LogP contribution in [-0.2, 0) is 0 Å². The quantitative estimate of drug-likeness (QED) is 0.288. The monoisotopic (exact) mass is 543 g/mol. The Balaban J connectivity index is 1.19. The lowest BCUT2D eigenvalue weighted by atomic mass is 10.1. The molecule has 40 heavy (non-hydrogen) atoms. The lowest BCUT2D eigenvalue weighted by Gasteiger charge is -2.32. The Morgan fingerprint density at radius 3 is 2.23 bits per heavy atom. The van der Waals surface area contributed by atoms with E-state index in [1.807, 2.05) is 66.4 Å². The number of aryl methyl sites for hydroxylation is 1. The molecule has 0 unspecified atom stereocenters. The van der Waals surface area contributed by atoms with Gasteiger partial charge in [0.1, 0.15) is 29.7 Å². The number of carbonyl (C=O) groups is 1. The number of likely N-dealkylation sites (tertiary alicyclic amines) is 1. The Kier molecular flexibility index (Phi) is 8.04. The minimum absolute atomic E-state index is 0.0378. The molecule has 1 aromatic heterocycles. The zero-order valence-electron chi connectivity index (χ0n) is 23.1. The van der Waals surface area contributed by atoms with Crippen molar-refractivity contribution >= 4 is 34.1 Å². The van der Waals surface area contributed by atoms with Gasteiger partial charge in [-0.2, -0.15) is 0 Å². The van der Waals surface area contributed by atoms with E-state index in [4.69, 9.17) is 18.9 Å². The Morgan fingerprint density at radius 2 is 1.55 bits per heavy atom. The molecule has 208 valence electrons. The summed E-state index contributed by atoms with van der Waals surface area (Å²) in [5, 5.41) is 7.16. The number of carbonyl (C=O) groups excluding carboxylic acids is 1. The Morgan fingerprint density at radius 1 is 0.850 bits per heavy atom. The molecule has 5 rings (SSSR count). The third-order valence-electron chi connectivity index (χ3n) is 6.94. The Labute approximate surface area is 233 Å². The summed E-state index contributed by atoms with van der Waals surface area (Å²) >= 11 is 0. The standard InChI is InChI=1S/C30H33N5O5/c1-19-15-21(33-29-24-16-27(38-3)28(39-4)17-25(24)31-18-32-29)7-10-26(19)40-23-11-13-35(14-12-23)30(36)34-20-5-8-22(37-2)9-6-20/h5-10,15-18,23H,11-14H2,1-4H3,(H,34,36)(H,31,32,33). The van der Waals surface area contributed by atoms with Crippen molar-refractivity contribution in [2.24, 2.45) is 0 Å². The molecule has 4 aromatic rings. The number of benzene rings is 3. The molecule has 2 N–H and O–H groups in total. The van der Waals surface area contributed by atoms with Gasteiger partial charge in [-0.1, -0.05) is 0 Å². The maximum Gasteiger partial charge on any atom is 0.321 e. The number of hydrogen-bond acceptors (Lipinski definition) is 8. The van der Waals surface area contributed by atoms with Crippen molar-refractivity contribution in [3.05, 3.63) is 66.5 Å². The second kappa shape index (κ2) is 12.0. The zero-order chi connectivity index (χ0) is 28.1. The van der Waals surface area contributed by atoms with Gasteiger partial charge in [0.15, 0.2) is 11.5 Å². The predicted molar refractivity (Wildman–Crippen MR) is 154 cm³/mol. The molecule has 2 heterocycles. The fourth-order valence-electron chi connectivity index (χ4n) is 4.71. The second-order valence-electron chi connectivity index (χ2n) is 9.51. The van der Waals surface area contributed by atoms with Gasteiger partial charge in [-0.25, -0.2) is 14.8 Å². The third kappa shape index (κ3) is 5.96. The summed E-state index contributed by atoms with van der Waals surface area (Å²) in [5.41, 5.74) is 3.37. The van der Waals surface area contributed by atoms with Crippen molar-refractivity contribution in [3.8, 4) is 23.0 Å². The highest BCUT2D eigenvalue weighted by atomic mass is 16.5. The lowest BCUT2D eigenvalue weighted by Crippen LogP contribution is -2.43. The summed E-state index contributed by atoms with van der Waals surface area (Å²) in [7, 11) is 4.81. The van der Waals surface area contributed by atoms with Crippen LogP contribution in [0.2, 0.25) is 0 Å². The molecule has 1 fully saturated rings. The summed E-state index contributed by atoms with van der Waals surface area (Å²) in [6, 6.07) is 16.9. The van der Waals surface area contributed by atoms with Crippen LogP contribution in [-0.4, -0.2) is 61.4 Å². The van der Waals surface area contributed by atoms with Crippen LogP contribution in [0.4, 0.5) is 22.0 Å². The molecule has 2 amide bonds. The summed E-state index contributed by atoms with van der Waals surface area (Å²) in [5.74, 6) is 3.46. The number of piperidine rings is 1. The molecule has 0 radical (unpaired) electrons. The average Bonchev–Trinajstić information content (AvgIpc) is 2.98. The molecular weight excluding hydrogens is 510 g/mol. The number of nitrogens with zero attached hydrogens (tertiary/aromatic N) is 3. The molecule has 1 aliphatic heterocycles. The summed E-state index contributed by atoms with van der Waals surface area (Å²) < 4.78 is 22.4. The van der Waals surface area contributed by atoms with Crippen LogP contribution in [0.5, 0.6) is 23.0 Å². The first-order chi connectivity index (χ1) is 19.5. The number of anilines is 3.